The Bertz CT molecular complexity index is 364. The van der Waals surface area contributed by atoms with Gasteiger partial charge in [0.25, 0.3) is 5.91 Å². The number of rotatable bonds is 1. The Labute approximate surface area is 93.2 Å². The second-order valence-corrected chi connectivity index (χ2v) is 4.09. The van der Waals surface area contributed by atoms with Crippen molar-refractivity contribution in [3.63, 3.8) is 0 Å². The molecule has 4 nitrogen and oxygen atoms in total. The number of amides is 1. The molecule has 1 fully saturated rings. The van der Waals surface area contributed by atoms with E-state index >= 15 is 0 Å². The van der Waals surface area contributed by atoms with E-state index in [1.54, 1.807) is 17.2 Å². The topological polar surface area (TPSA) is 45.3 Å². The maximum atomic E-state index is 12.0. The predicted octanol–water partition coefficient (Wildman–Crippen LogP) is 1.53. The van der Waals surface area contributed by atoms with Crippen molar-refractivity contribution in [3.8, 4) is 0 Å². The third kappa shape index (κ3) is 2.16. The van der Waals surface area contributed by atoms with Crippen LogP contribution in [0.4, 0.5) is 0 Å². The lowest BCUT2D eigenvalue weighted by molar-refractivity contribution is 0.00331. The van der Waals surface area contributed by atoms with Gasteiger partial charge in [0.2, 0.25) is 0 Å². The van der Waals surface area contributed by atoms with Gasteiger partial charge in [0.05, 0.1) is 24.3 Å². The summed E-state index contributed by atoms with van der Waals surface area (Å²) in [5, 5.41) is 0.555. The smallest absolute Gasteiger partial charge is 0.270 e. The Morgan fingerprint density at radius 1 is 1.73 bits per heavy atom. The lowest BCUT2D eigenvalue weighted by Crippen LogP contribution is -2.47. The Morgan fingerprint density at radius 2 is 2.53 bits per heavy atom. The molecule has 1 atom stereocenters. The highest BCUT2D eigenvalue weighted by Gasteiger charge is 2.25. The third-order valence-corrected chi connectivity index (χ3v) is 2.72. The summed E-state index contributed by atoms with van der Waals surface area (Å²) in [7, 11) is 0. The first-order valence-corrected chi connectivity index (χ1v) is 5.29. The molecule has 2 heterocycles. The van der Waals surface area contributed by atoms with E-state index in [-0.39, 0.29) is 11.9 Å². The summed E-state index contributed by atoms with van der Waals surface area (Å²) in [5.74, 6) is -0.0160. The minimum Gasteiger partial charge on any atom is -0.377 e. The fraction of sp³-hybridized carbons (Fsp3) is 0.500. The van der Waals surface area contributed by atoms with E-state index in [4.69, 9.17) is 16.3 Å². The van der Waals surface area contributed by atoms with Crippen molar-refractivity contribution in [2.75, 3.05) is 19.8 Å². The van der Waals surface area contributed by atoms with Gasteiger partial charge >= 0.3 is 0 Å². The number of hydrogen-bond acceptors (Lipinski definition) is 2. The molecule has 1 aromatic heterocycles. The molecule has 15 heavy (non-hydrogen) atoms. The van der Waals surface area contributed by atoms with Crippen molar-refractivity contribution in [2.24, 2.45) is 0 Å². The zero-order valence-electron chi connectivity index (χ0n) is 8.50. The molecule has 1 aliphatic rings. The van der Waals surface area contributed by atoms with Gasteiger partial charge in [0.15, 0.2) is 0 Å². The lowest BCUT2D eigenvalue weighted by Gasteiger charge is -2.32. The van der Waals surface area contributed by atoms with Gasteiger partial charge in [-0.15, -0.1) is 0 Å². The van der Waals surface area contributed by atoms with Crippen LogP contribution in [-0.2, 0) is 4.74 Å². The zero-order valence-corrected chi connectivity index (χ0v) is 9.25. The quantitative estimate of drug-likeness (QED) is 0.792. The normalized spacial score (nSPS) is 21.7. The van der Waals surface area contributed by atoms with Crippen molar-refractivity contribution in [1.82, 2.24) is 9.88 Å². The first-order valence-electron chi connectivity index (χ1n) is 4.91. The Hall–Kier alpha value is -1.00. The maximum absolute atomic E-state index is 12.0. The number of carbonyl (C=O) groups excluding carboxylic acids is 1. The summed E-state index contributed by atoms with van der Waals surface area (Å²) in [4.78, 5) is 16.7. The van der Waals surface area contributed by atoms with Gasteiger partial charge in [-0.3, -0.25) is 4.79 Å². The van der Waals surface area contributed by atoms with E-state index in [1.165, 1.54) is 0 Å². The van der Waals surface area contributed by atoms with Gasteiger partial charge in [0, 0.05) is 12.7 Å². The molecule has 2 rings (SSSR count). The van der Waals surface area contributed by atoms with Crippen LogP contribution in [0, 0.1) is 0 Å². The van der Waals surface area contributed by atoms with E-state index < -0.39 is 0 Å². The van der Waals surface area contributed by atoms with Crippen molar-refractivity contribution in [3.05, 3.63) is 23.0 Å². The number of aromatic amines is 1. The van der Waals surface area contributed by atoms with Gasteiger partial charge in [0.1, 0.15) is 5.69 Å². The Morgan fingerprint density at radius 3 is 3.13 bits per heavy atom. The number of carbonyl (C=O) groups is 1. The van der Waals surface area contributed by atoms with Crippen LogP contribution in [0.15, 0.2) is 12.3 Å². The zero-order chi connectivity index (χ0) is 10.8. The lowest BCUT2D eigenvalue weighted by atomic mass is 10.2. The molecule has 0 bridgehead atoms. The number of halogens is 1. The van der Waals surface area contributed by atoms with Crippen molar-refractivity contribution >= 4 is 17.5 Å². The maximum Gasteiger partial charge on any atom is 0.270 e. The summed E-state index contributed by atoms with van der Waals surface area (Å²) < 4.78 is 5.27. The number of morpholine rings is 1. The van der Waals surface area contributed by atoms with E-state index in [2.05, 4.69) is 4.98 Å². The van der Waals surface area contributed by atoms with Crippen LogP contribution >= 0.6 is 11.6 Å². The Balaban J connectivity index is 2.13. The van der Waals surface area contributed by atoms with E-state index in [9.17, 15) is 4.79 Å². The second kappa shape index (κ2) is 4.24. The molecule has 0 radical (unpaired) electrons. The first-order chi connectivity index (χ1) is 7.18. The van der Waals surface area contributed by atoms with Crippen molar-refractivity contribution in [1.29, 1.82) is 0 Å². The van der Waals surface area contributed by atoms with Crippen molar-refractivity contribution < 1.29 is 9.53 Å². The number of hydrogen-bond donors (Lipinski definition) is 1. The predicted molar refractivity (Wildman–Crippen MR) is 57.1 cm³/mol. The van der Waals surface area contributed by atoms with Crippen LogP contribution in [0.3, 0.4) is 0 Å². The van der Waals surface area contributed by atoms with Gasteiger partial charge in [-0.05, 0) is 13.0 Å². The number of nitrogens with zero attached hydrogens (tertiary/aromatic N) is 1. The molecule has 0 aliphatic carbocycles. The highest BCUT2D eigenvalue weighted by Crippen LogP contribution is 2.14. The van der Waals surface area contributed by atoms with Crippen LogP contribution < -0.4 is 0 Å². The van der Waals surface area contributed by atoms with Gasteiger partial charge < -0.3 is 14.6 Å². The van der Waals surface area contributed by atoms with E-state index in [1.807, 2.05) is 6.92 Å². The highest BCUT2D eigenvalue weighted by atomic mass is 35.5. The third-order valence-electron chi connectivity index (χ3n) is 2.51. The average molecular weight is 229 g/mol. The molecule has 1 amide bonds. The number of aromatic nitrogens is 1. The minimum absolute atomic E-state index is 0.0160. The summed E-state index contributed by atoms with van der Waals surface area (Å²) in [6, 6.07) is 1.76. The molecule has 1 N–H and O–H groups in total. The monoisotopic (exact) mass is 228 g/mol. The molecule has 1 aromatic rings. The first kappa shape index (κ1) is 10.5. The highest BCUT2D eigenvalue weighted by molar-refractivity contribution is 6.30. The van der Waals surface area contributed by atoms with Crippen LogP contribution in [0.1, 0.15) is 17.4 Å². The molecule has 82 valence electrons. The number of nitrogens with one attached hydrogen (secondary N) is 1. The van der Waals surface area contributed by atoms with E-state index in [0.29, 0.717) is 30.5 Å². The molecule has 0 spiro atoms. The number of ether oxygens (including phenoxy) is 1. The number of H-pyrrole nitrogens is 1. The largest absolute Gasteiger partial charge is 0.377 e. The SMILES string of the molecule is CC1COCCN1C(=O)c1cc(Cl)c[nH]1. The average Bonchev–Trinajstić information content (AvgIpc) is 2.65. The Kier molecular flexibility index (Phi) is 2.98. The molecular weight excluding hydrogens is 216 g/mol. The summed E-state index contributed by atoms with van der Waals surface area (Å²) in [6.07, 6.45) is 1.61. The van der Waals surface area contributed by atoms with Crippen LogP contribution in [0.25, 0.3) is 0 Å². The molecule has 0 saturated carbocycles. The van der Waals surface area contributed by atoms with Gasteiger partial charge in [-0.25, -0.2) is 0 Å². The van der Waals surface area contributed by atoms with Crippen LogP contribution in [-0.4, -0.2) is 41.6 Å². The second-order valence-electron chi connectivity index (χ2n) is 3.65. The molecular formula is C10H13ClN2O2. The van der Waals surface area contributed by atoms with Crippen molar-refractivity contribution in [2.45, 2.75) is 13.0 Å². The molecule has 1 saturated heterocycles. The van der Waals surface area contributed by atoms with Gasteiger partial charge in [-0.2, -0.15) is 0 Å². The van der Waals surface area contributed by atoms with Crippen LogP contribution in [0.2, 0.25) is 5.02 Å². The van der Waals surface area contributed by atoms with E-state index in [0.717, 1.165) is 0 Å². The minimum atomic E-state index is -0.0160. The standard InChI is InChI=1S/C10H13ClN2O2/c1-7-6-15-3-2-13(7)10(14)9-4-8(11)5-12-9/h4-5,7,12H,2-3,6H2,1H3. The molecule has 0 aromatic carbocycles. The molecule has 5 heteroatoms. The molecule has 1 aliphatic heterocycles. The fourth-order valence-electron chi connectivity index (χ4n) is 1.67. The molecule has 1 unspecified atom stereocenters. The van der Waals surface area contributed by atoms with Gasteiger partial charge in [-0.1, -0.05) is 11.6 Å². The summed E-state index contributed by atoms with van der Waals surface area (Å²) in [5.41, 5.74) is 0.536. The van der Waals surface area contributed by atoms with Crippen LogP contribution in [0.5, 0.6) is 0 Å². The summed E-state index contributed by atoms with van der Waals surface area (Å²) >= 11 is 5.75. The summed E-state index contributed by atoms with van der Waals surface area (Å²) in [6.45, 7) is 3.81. The fourth-order valence-corrected chi connectivity index (χ4v) is 1.84.